The topological polar surface area (TPSA) is 85.9 Å². The van der Waals surface area contributed by atoms with E-state index in [4.69, 9.17) is 5.14 Å². The Balaban J connectivity index is 2.80. The van der Waals surface area contributed by atoms with Crippen molar-refractivity contribution in [3.8, 4) is 0 Å². The highest BCUT2D eigenvalue weighted by Crippen LogP contribution is 2.10. The Bertz CT molecular complexity index is 399. The van der Waals surface area contributed by atoms with Crippen LogP contribution in [-0.4, -0.2) is 24.1 Å². The predicted molar refractivity (Wildman–Crippen MR) is 53.2 cm³/mol. The maximum atomic E-state index is 10.8. The van der Waals surface area contributed by atoms with E-state index in [1.807, 2.05) is 6.92 Å². The van der Waals surface area contributed by atoms with E-state index in [9.17, 15) is 8.42 Å². The van der Waals surface area contributed by atoms with Crippen molar-refractivity contribution < 1.29 is 8.42 Å². The zero-order valence-electron chi connectivity index (χ0n) is 8.14. The van der Waals surface area contributed by atoms with Crippen molar-refractivity contribution in [1.82, 2.24) is 9.97 Å². The Kier molecular flexibility index (Phi) is 3.17. The van der Waals surface area contributed by atoms with E-state index in [0.717, 1.165) is 5.56 Å². The van der Waals surface area contributed by atoms with Crippen molar-refractivity contribution in [2.45, 2.75) is 19.8 Å². The molecule has 0 aliphatic heterocycles. The number of nitrogens with two attached hydrogens (primary N) is 1. The van der Waals surface area contributed by atoms with Crippen molar-refractivity contribution in [2.24, 2.45) is 5.14 Å². The largest absolute Gasteiger partial charge is 0.241 e. The summed E-state index contributed by atoms with van der Waals surface area (Å²) in [5.41, 5.74) is 0.941. The number of aromatic nitrogens is 2. The SMILES string of the molecule is Cc1cnc([C@@H](C)CS(N)(=O)=O)nc1. The summed E-state index contributed by atoms with van der Waals surface area (Å²) in [6.07, 6.45) is 3.31. The van der Waals surface area contributed by atoms with Gasteiger partial charge >= 0.3 is 0 Å². The van der Waals surface area contributed by atoms with Crippen molar-refractivity contribution in [2.75, 3.05) is 5.75 Å². The smallest absolute Gasteiger partial charge is 0.209 e. The first-order valence-corrected chi connectivity index (χ1v) is 5.89. The third kappa shape index (κ3) is 3.39. The fourth-order valence-electron chi connectivity index (χ4n) is 1.08. The summed E-state index contributed by atoms with van der Waals surface area (Å²) in [4.78, 5) is 8.06. The fraction of sp³-hybridized carbons (Fsp3) is 0.500. The van der Waals surface area contributed by atoms with Crippen LogP contribution in [0.25, 0.3) is 0 Å². The first-order chi connectivity index (χ1) is 6.38. The zero-order chi connectivity index (χ0) is 10.8. The molecule has 5 nitrogen and oxygen atoms in total. The Morgan fingerprint density at radius 1 is 1.43 bits per heavy atom. The molecule has 0 spiro atoms. The highest BCUT2D eigenvalue weighted by Gasteiger charge is 2.14. The second-order valence-electron chi connectivity index (χ2n) is 3.35. The third-order valence-electron chi connectivity index (χ3n) is 1.72. The summed E-state index contributed by atoms with van der Waals surface area (Å²) in [6, 6.07) is 0. The molecule has 0 bridgehead atoms. The summed E-state index contributed by atoms with van der Waals surface area (Å²) < 4.78 is 21.6. The summed E-state index contributed by atoms with van der Waals surface area (Å²) in [5, 5.41) is 4.92. The van der Waals surface area contributed by atoms with E-state index >= 15 is 0 Å². The van der Waals surface area contributed by atoms with Gasteiger partial charge in [-0.25, -0.2) is 23.5 Å². The van der Waals surface area contributed by atoms with Gasteiger partial charge in [0.15, 0.2) is 0 Å². The van der Waals surface area contributed by atoms with Gasteiger partial charge in [0.05, 0.1) is 5.75 Å². The lowest BCUT2D eigenvalue weighted by molar-refractivity contribution is 0.589. The molecule has 1 aromatic heterocycles. The van der Waals surface area contributed by atoms with Crippen LogP contribution in [0.1, 0.15) is 24.2 Å². The van der Waals surface area contributed by atoms with Gasteiger partial charge in [0, 0.05) is 18.3 Å². The molecule has 1 aromatic rings. The van der Waals surface area contributed by atoms with Crippen LogP contribution in [0.2, 0.25) is 0 Å². The average molecular weight is 215 g/mol. The molecule has 1 rings (SSSR count). The molecule has 6 heteroatoms. The number of hydrogen-bond acceptors (Lipinski definition) is 4. The fourth-order valence-corrected chi connectivity index (χ4v) is 1.93. The number of rotatable bonds is 3. The molecule has 0 fully saturated rings. The van der Waals surface area contributed by atoms with Crippen LogP contribution in [0.4, 0.5) is 0 Å². The molecule has 78 valence electrons. The number of sulfonamides is 1. The second-order valence-corrected chi connectivity index (χ2v) is 5.01. The third-order valence-corrected chi connectivity index (χ3v) is 2.69. The van der Waals surface area contributed by atoms with Crippen LogP contribution in [0.5, 0.6) is 0 Å². The lowest BCUT2D eigenvalue weighted by Gasteiger charge is -2.07. The molecule has 0 saturated heterocycles. The number of primary sulfonamides is 1. The maximum absolute atomic E-state index is 10.8. The van der Waals surface area contributed by atoms with Crippen LogP contribution < -0.4 is 5.14 Å². The molecule has 0 amide bonds. The summed E-state index contributed by atoms with van der Waals surface area (Å²) in [6.45, 7) is 3.60. The average Bonchev–Trinajstić information content (AvgIpc) is 2.02. The molecular weight excluding hydrogens is 202 g/mol. The molecule has 2 N–H and O–H groups in total. The Labute approximate surface area is 83.4 Å². The second kappa shape index (κ2) is 4.02. The van der Waals surface area contributed by atoms with Crippen LogP contribution in [0.15, 0.2) is 12.4 Å². The molecular formula is C8H13N3O2S. The molecule has 0 aromatic carbocycles. The van der Waals surface area contributed by atoms with E-state index in [2.05, 4.69) is 9.97 Å². The molecule has 0 unspecified atom stereocenters. The highest BCUT2D eigenvalue weighted by atomic mass is 32.2. The first kappa shape index (κ1) is 11.1. The van der Waals surface area contributed by atoms with Gasteiger partial charge in [0.2, 0.25) is 10.0 Å². The van der Waals surface area contributed by atoms with Crippen molar-refractivity contribution in [1.29, 1.82) is 0 Å². The normalized spacial score (nSPS) is 13.9. The van der Waals surface area contributed by atoms with E-state index in [-0.39, 0.29) is 11.7 Å². The minimum absolute atomic E-state index is 0.129. The molecule has 14 heavy (non-hydrogen) atoms. The van der Waals surface area contributed by atoms with Gasteiger partial charge in [-0.2, -0.15) is 0 Å². The van der Waals surface area contributed by atoms with Crippen molar-refractivity contribution in [3.63, 3.8) is 0 Å². The Morgan fingerprint density at radius 2 is 1.93 bits per heavy atom. The Morgan fingerprint density at radius 3 is 2.36 bits per heavy atom. The van der Waals surface area contributed by atoms with Gasteiger partial charge in [-0.3, -0.25) is 0 Å². The van der Waals surface area contributed by atoms with E-state index in [1.54, 1.807) is 19.3 Å². The Hall–Kier alpha value is -1.01. The van der Waals surface area contributed by atoms with Crippen LogP contribution in [0, 0.1) is 6.92 Å². The molecule has 0 saturated carbocycles. The van der Waals surface area contributed by atoms with Gasteiger partial charge in [0.1, 0.15) is 5.82 Å². The van der Waals surface area contributed by atoms with Crippen molar-refractivity contribution in [3.05, 3.63) is 23.8 Å². The van der Waals surface area contributed by atoms with Gasteiger partial charge in [-0.05, 0) is 12.5 Å². The molecule has 1 atom stereocenters. The molecule has 0 radical (unpaired) electrons. The number of aryl methyl sites for hydroxylation is 1. The quantitative estimate of drug-likeness (QED) is 0.779. The summed E-state index contributed by atoms with van der Waals surface area (Å²) in [7, 11) is -3.46. The standard InChI is InChI=1S/C8H13N3O2S/c1-6-3-10-8(11-4-6)7(2)5-14(9,12)13/h3-4,7H,5H2,1-2H3,(H2,9,12,13)/t7-/m0/s1. The van der Waals surface area contributed by atoms with Gasteiger partial charge in [-0.15, -0.1) is 0 Å². The van der Waals surface area contributed by atoms with E-state index in [0.29, 0.717) is 5.82 Å². The predicted octanol–water partition coefficient (Wildman–Crippen LogP) is 0.177. The maximum Gasteiger partial charge on any atom is 0.209 e. The van der Waals surface area contributed by atoms with Crippen LogP contribution >= 0.6 is 0 Å². The summed E-state index contributed by atoms with van der Waals surface area (Å²) in [5.74, 6) is 0.103. The monoisotopic (exact) mass is 215 g/mol. The van der Waals surface area contributed by atoms with Gasteiger partial charge in [0.25, 0.3) is 0 Å². The van der Waals surface area contributed by atoms with Gasteiger partial charge in [-0.1, -0.05) is 6.92 Å². The number of nitrogens with zero attached hydrogens (tertiary/aromatic N) is 2. The van der Waals surface area contributed by atoms with Crippen molar-refractivity contribution >= 4 is 10.0 Å². The summed E-state index contributed by atoms with van der Waals surface area (Å²) >= 11 is 0. The van der Waals surface area contributed by atoms with E-state index < -0.39 is 10.0 Å². The minimum atomic E-state index is -3.46. The van der Waals surface area contributed by atoms with Crippen LogP contribution in [-0.2, 0) is 10.0 Å². The van der Waals surface area contributed by atoms with Crippen LogP contribution in [0.3, 0.4) is 0 Å². The first-order valence-electron chi connectivity index (χ1n) is 4.17. The highest BCUT2D eigenvalue weighted by molar-refractivity contribution is 7.89. The zero-order valence-corrected chi connectivity index (χ0v) is 8.95. The molecule has 0 aliphatic carbocycles. The lowest BCUT2D eigenvalue weighted by atomic mass is 10.2. The molecule has 0 aliphatic rings. The van der Waals surface area contributed by atoms with E-state index in [1.165, 1.54) is 0 Å². The van der Waals surface area contributed by atoms with Gasteiger partial charge < -0.3 is 0 Å². The minimum Gasteiger partial charge on any atom is -0.241 e. The molecule has 1 heterocycles. The number of hydrogen-bond donors (Lipinski definition) is 1. The lowest BCUT2D eigenvalue weighted by Crippen LogP contribution is -2.21.